The monoisotopic (exact) mass is 331 g/mol. The quantitative estimate of drug-likeness (QED) is 0.543. The molecule has 3 aromatic rings. The third kappa shape index (κ3) is 2.95. The normalized spacial score (nSPS) is 11.2. The van der Waals surface area contributed by atoms with Crippen molar-refractivity contribution in [3.63, 3.8) is 0 Å². The molecule has 0 aliphatic carbocycles. The van der Waals surface area contributed by atoms with Gasteiger partial charge in [-0.1, -0.05) is 27.4 Å². The van der Waals surface area contributed by atoms with Crippen molar-refractivity contribution in [2.24, 2.45) is 0 Å². The molecule has 0 saturated carbocycles. The number of allylic oxidation sites excluding steroid dienone is 1. The Morgan fingerprint density at radius 2 is 2.23 bits per heavy atom. The molecular weight excluding hydrogens is 322 g/mol. The van der Waals surface area contributed by atoms with Crippen molar-refractivity contribution in [1.82, 2.24) is 24.6 Å². The van der Waals surface area contributed by atoms with E-state index in [2.05, 4.69) is 19.9 Å². The molecule has 1 aromatic carbocycles. The second-order valence-corrected chi connectivity index (χ2v) is 5.49. The number of aromatic nitrogens is 5. The van der Waals surface area contributed by atoms with Crippen molar-refractivity contribution in [1.29, 1.82) is 0 Å². The van der Waals surface area contributed by atoms with Gasteiger partial charge in [0.25, 0.3) is 0 Å². The first kappa shape index (κ1) is 14.6. The third-order valence-electron chi connectivity index (χ3n) is 2.96. The Kier molecular flexibility index (Phi) is 4.08. The third-order valence-corrected chi connectivity index (χ3v) is 3.72. The molecular formula is C14H10ClN5OS. The lowest BCUT2D eigenvalue weighted by atomic mass is 10.2. The van der Waals surface area contributed by atoms with Gasteiger partial charge < -0.3 is 0 Å². The van der Waals surface area contributed by atoms with E-state index in [-0.39, 0.29) is 5.78 Å². The minimum atomic E-state index is -0.237. The zero-order chi connectivity index (χ0) is 15.5. The van der Waals surface area contributed by atoms with Crippen molar-refractivity contribution in [2.75, 3.05) is 0 Å². The van der Waals surface area contributed by atoms with Crippen LogP contribution in [0.1, 0.15) is 21.9 Å². The fraction of sp³-hybridized carbons (Fsp3) is 0.0714. The van der Waals surface area contributed by atoms with Crippen molar-refractivity contribution >= 4 is 35.0 Å². The van der Waals surface area contributed by atoms with Crippen LogP contribution >= 0.6 is 23.1 Å². The smallest absolute Gasteiger partial charge is 0.208 e. The molecule has 6 nitrogen and oxygen atoms in total. The van der Waals surface area contributed by atoms with E-state index in [1.165, 1.54) is 17.6 Å². The zero-order valence-corrected chi connectivity index (χ0v) is 13.0. The number of halogens is 1. The Morgan fingerprint density at radius 3 is 2.95 bits per heavy atom. The van der Waals surface area contributed by atoms with Gasteiger partial charge >= 0.3 is 0 Å². The maximum atomic E-state index is 12.2. The van der Waals surface area contributed by atoms with Crippen LogP contribution in [0, 0.1) is 6.92 Å². The summed E-state index contributed by atoms with van der Waals surface area (Å²) in [5, 5.41) is 14.2. The molecule has 0 aliphatic heterocycles. The molecule has 110 valence electrons. The lowest BCUT2D eigenvalue weighted by Gasteiger charge is -2.03. The molecule has 0 spiro atoms. The fourth-order valence-corrected chi connectivity index (χ4v) is 2.50. The second-order valence-electron chi connectivity index (χ2n) is 4.44. The summed E-state index contributed by atoms with van der Waals surface area (Å²) in [5.41, 5.74) is 2.33. The van der Waals surface area contributed by atoms with Crippen LogP contribution in [-0.4, -0.2) is 30.4 Å². The minimum Gasteiger partial charge on any atom is -0.287 e. The highest BCUT2D eigenvalue weighted by Crippen LogP contribution is 2.17. The van der Waals surface area contributed by atoms with Gasteiger partial charge in [0.1, 0.15) is 0 Å². The topological polar surface area (TPSA) is 73.6 Å². The van der Waals surface area contributed by atoms with Gasteiger partial charge in [0.05, 0.1) is 17.1 Å². The van der Waals surface area contributed by atoms with Crippen molar-refractivity contribution < 1.29 is 4.79 Å². The zero-order valence-electron chi connectivity index (χ0n) is 11.5. The van der Waals surface area contributed by atoms with Crippen LogP contribution in [0.5, 0.6) is 0 Å². The SMILES string of the molecule is Cc1c(C(=O)/C=C/c2csnn2)nnn1-c1cccc(Cl)c1. The maximum Gasteiger partial charge on any atom is 0.208 e. The summed E-state index contributed by atoms with van der Waals surface area (Å²) in [6.07, 6.45) is 3.01. The first-order valence-corrected chi connectivity index (χ1v) is 7.54. The molecule has 0 saturated heterocycles. The van der Waals surface area contributed by atoms with Crippen molar-refractivity contribution in [3.05, 3.63) is 57.8 Å². The van der Waals surface area contributed by atoms with Crippen LogP contribution in [0.4, 0.5) is 0 Å². The van der Waals surface area contributed by atoms with Gasteiger partial charge in [0.15, 0.2) is 5.69 Å². The van der Waals surface area contributed by atoms with E-state index in [1.807, 2.05) is 12.1 Å². The van der Waals surface area contributed by atoms with E-state index in [0.29, 0.717) is 22.1 Å². The summed E-state index contributed by atoms with van der Waals surface area (Å²) in [4.78, 5) is 12.2. The molecule has 2 aromatic heterocycles. The molecule has 3 rings (SSSR count). The number of ketones is 1. The van der Waals surface area contributed by atoms with E-state index in [1.54, 1.807) is 35.2 Å². The van der Waals surface area contributed by atoms with Crippen LogP contribution in [0.2, 0.25) is 5.02 Å². The van der Waals surface area contributed by atoms with E-state index in [4.69, 9.17) is 11.6 Å². The molecule has 0 N–H and O–H groups in total. The van der Waals surface area contributed by atoms with Crippen LogP contribution in [0.25, 0.3) is 11.8 Å². The van der Waals surface area contributed by atoms with Crippen LogP contribution in [-0.2, 0) is 0 Å². The first-order valence-electron chi connectivity index (χ1n) is 6.33. The number of benzene rings is 1. The molecule has 0 aliphatic rings. The van der Waals surface area contributed by atoms with Crippen molar-refractivity contribution in [3.8, 4) is 5.69 Å². The average molecular weight is 332 g/mol. The summed E-state index contributed by atoms with van der Waals surface area (Å²) in [5.74, 6) is -0.237. The molecule has 0 atom stereocenters. The minimum absolute atomic E-state index is 0.237. The molecule has 0 amide bonds. The van der Waals surface area contributed by atoms with Gasteiger partial charge in [0, 0.05) is 10.4 Å². The van der Waals surface area contributed by atoms with Gasteiger partial charge in [0.2, 0.25) is 5.78 Å². The first-order chi connectivity index (χ1) is 10.6. The van der Waals surface area contributed by atoms with E-state index in [9.17, 15) is 4.79 Å². The van der Waals surface area contributed by atoms with Crippen LogP contribution in [0.15, 0.2) is 35.7 Å². The molecule has 0 radical (unpaired) electrons. The van der Waals surface area contributed by atoms with Crippen molar-refractivity contribution in [2.45, 2.75) is 6.92 Å². The Balaban J connectivity index is 1.88. The van der Waals surface area contributed by atoms with Gasteiger partial charge in [-0.15, -0.1) is 10.2 Å². The molecule has 8 heteroatoms. The predicted octanol–water partition coefficient (Wildman–Crippen LogP) is 2.98. The Hall–Kier alpha value is -2.38. The fourth-order valence-electron chi connectivity index (χ4n) is 1.89. The van der Waals surface area contributed by atoms with E-state index >= 15 is 0 Å². The van der Waals surface area contributed by atoms with Gasteiger partial charge in [-0.2, -0.15) is 0 Å². The van der Waals surface area contributed by atoms with E-state index < -0.39 is 0 Å². The molecule has 2 heterocycles. The molecule has 0 unspecified atom stereocenters. The summed E-state index contributed by atoms with van der Waals surface area (Å²) in [6, 6.07) is 7.19. The predicted molar refractivity (Wildman–Crippen MR) is 84.4 cm³/mol. The summed E-state index contributed by atoms with van der Waals surface area (Å²) in [6.45, 7) is 1.78. The Bertz CT molecular complexity index is 841. The Morgan fingerprint density at radius 1 is 1.36 bits per heavy atom. The summed E-state index contributed by atoms with van der Waals surface area (Å²) in [7, 11) is 0. The lowest BCUT2D eigenvalue weighted by Crippen LogP contribution is -2.01. The number of hydrogen-bond acceptors (Lipinski definition) is 6. The van der Waals surface area contributed by atoms with E-state index in [0.717, 1.165) is 5.69 Å². The number of rotatable bonds is 4. The standard InChI is InChI=1S/C14H10ClN5OS/c1-9-14(13(21)6-5-11-8-22-19-16-11)17-18-20(9)12-4-2-3-10(15)7-12/h2-8H,1H3/b6-5+. The second kappa shape index (κ2) is 6.17. The molecule has 0 bridgehead atoms. The van der Waals surface area contributed by atoms with Crippen LogP contribution < -0.4 is 0 Å². The molecule has 0 fully saturated rings. The highest BCUT2D eigenvalue weighted by Gasteiger charge is 2.15. The number of carbonyl (C=O) groups is 1. The number of nitrogens with zero attached hydrogens (tertiary/aromatic N) is 5. The van der Waals surface area contributed by atoms with Crippen LogP contribution in [0.3, 0.4) is 0 Å². The van der Waals surface area contributed by atoms with Gasteiger partial charge in [-0.05, 0) is 48.8 Å². The average Bonchev–Trinajstić information content (AvgIpc) is 3.14. The molecule has 22 heavy (non-hydrogen) atoms. The Labute approximate surface area is 135 Å². The number of carbonyl (C=O) groups excluding carboxylic acids is 1. The van der Waals surface area contributed by atoms with Gasteiger partial charge in [-0.3, -0.25) is 4.79 Å². The lowest BCUT2D eigenvalue weighted by molar-refractivity contribution is 0.104. The maximum absolute atomic E-state index is 12.2. The summed E-state index contributed by atoms with van der Waals surface area (Å²) >= 11 is 7.20. The largest absolute Gasteiger partial charge is 0.287 e. The number of hydrogen-bond donors (Lipinski definition) is 0. The highest BCUT2D eigenvalue weighted by atomic mass is 35.5. The van der Waals surface area contributed by atoms with Gasteiger partial charge in [-0.25, -0.2) is 4.68 Å². The highest BCUT2D eigenvalue weighted by molar-refractivity contribution is 7.03. The summed E-state index contributed by atoms with van der Waals surface area (Å²) < 4.78 is 5.31.